The smallest absolute Gasteiger partial charge is 0.133 e. The topological polar surface area (TPSA) is 36.4 Å². The third kappa shape index (κ3) is 3.46. The van der Waals surface area contributed by atoms with Crippen molar-refractivity contribution in [3.63, 3.8) is 0 Å². The summed E-state index contributed by atoms with van der Waals surface area (Å²) in [6.45, 7) is 5.37. The molecule has 16 heavy (non-hydrogen) atoms. The van der Waals surface area contributed by atoms with E-state index in [1.807, 2.05) is 13.1 Å². The quantitative estimate of drug-likeness (QED) is 0.904. The molecule has 0 aliphatic carbocycles. The van der Waals surface area contributed by atoms with Gasteiger partial charge < -0.3 is 10.0 Å². The lowest BCUT2D eigenvalue weighted by molar-refractivity contribution is 0.281. The molecule has 0 fully saturated rings. The molecule has 0 bridgehead atoms. The minimum Gasteiger partial charge on any atom is -0.392 e. The molecule has 1 unspecified atom stereocenters. The summed E-state index contributed by atoms with van der Waals surface area (Å²) in [5.41, 5.74) is 0.861. The highest BCUT2D eigenvalue weighted by Crippen LogP contribution is 2.21. The molecule has 0 aromatic carbocycles. The Hall–Kier alpha value is -0.610. The van der Waals surface area contributed by atoms with E-state index in [4.69, 9.17) is 0 Å². The molecule has 0 saturated carbocycles. The van der Waals surface area contributed by atoms with Gasteiger partial charge in [-0.1, -0.05) is 20.3 Å². The van der Waals surface area contributed by atoms with Gasteiger partial charge in [0, 0.05) is 29.8 Å². The predicted molar refractivity (Wildman–Crippen MR) is 70.6 cm³/mol. The van der Waals surface area contributed by atoms with Crippen LogP contribution >= 0.6 is 15.9 Å². The van der Waals surface area contributed by atoms with Crippen molar-refractivity contribution < 1.29 is 5.11 Å². The Kier molecular flexibility index (Phi) is 5.22. The molecule has 4 heteroatoms. The third-order valence-electron chi connectivity index (χ3n) is 2.72. The van der Waals surface area contributed by atoms with Crippen LogP contribution < -0.4 is 4.90 Å². The van der Waals surface area contributed by atoms with Gasteiger partial charge in [0.15, 0.2) is 0 Å². The molecule has 0 radical (unpaired) electrons. The average molecular weight is 287 g/mol. The van der Waals surface area contributed by atoms with Crippen LogP contribution in [-0.4, -0.2) is 23.7 Å². The summed E-state index contributed by atoms with van der Waals surface area (Å²) in [5, 5.41) is 9.30. The van der Waals surface area contributed by atoms with Crippen LogP contribution in [0.3, 0.4) is 0 Å². The molecule has 1 N–H and O–H groups in total. The van der Waals surface area contributed by atoms with Crippen LogP contribution in [0.15, 0.2) is 16.7 Å². The molecule has 1 heterocycles. The van der Waals surface area contributed by atoms with Crippen LogP contribution in [0.5, 0.6) is 0 Å². The third-order valence-corrected chi connectivity index (χ3v) is 3.16. The van der Waals surface area contributed by atoms with Crippen molar-refractivity contribution in [2.75, 3.05) is 18.5 Å². The predicted octanol–water partition coefficient (Wildman–Crippen LogP) is 2.82. The van der Waals surface area contributed by atoms with Gasteiger partial charge >= 0.3 is 0 Å². The van der Waals surface area contributed by atoms with Gasteiger partial charge in [-0.2, -0.15) is 0 Å². The summed E-state index contributed by atoms with van der Waals surface area (Å²) in [4.78, 5) is 6.46. The van der Waals surface area contributed by atoms with Crippen molar-refractivity contribution in [3.8, 4) is 0 Å². The molecule has 0 amide bonds. The van der Waals surface area contributed by atoms with Crippen LogP contribution in [-0.2, 0) is 6.61 Å². The van der Waals surface area contributed by atoms with E-state index in [1.165, 1.54) is 0 Å². The van der Waals surface area contributed by atoms with Gasteiger partial charge in [-0.3, -0.25) is 0 Å². The number of aromatic nitrogens is 1. The number of aliphatic hydroxyl groups excluding tert-OH is 1. The highest BCUT2D eigenvalue weighted by atomic mass is 79.9. The zero-order valence-electron chi connectivity index (χ0n) is 10.1. The number of hydrogen-bond donors (Lipinski definition) is 1. The molecule has 0 aliphatic rings. The maximum absolute atomic E-state index is 9.30. The maximum Gasteiger partial charge on any atom is 0.133 e. The van der Waals surface area contributed by atoms with E-state index in [9.17, 15) is 5.11 Å². The molecule has 1 atom stereocenters. The van der Waals surface area contributed by atoms with E-state index in [2.05, 4.69) is 39.7 Å². The van der Waals surface area contributed by atoms with Gasteiger partial charge in [0.2, 0.25) is 0 Å². The summed E-state index contributed by atoms with van der Waals surface area (Å²) < 4.78 is 0.900. The first-order valence-electron chi connectivity index (χ1n) is 5.54. The average Bonchev–Trinajstić information content (AvgIpc) is 2.28. The molecule has 1 aromatic heterocycles. The van der Waals surface area contributed by atoms with E-state index < -0.39 is 0 Å². The lowest BCUT2D eigenvalue weighted by atomic mass is 10.1. The minimum atomic E-state index is 0.0205. The van der Waals surface area contributed by atoms with Crippen molar-refractivity contribution in [2.45, 2.75) is 26.9 Å². The number of halogens is 1. The number of anilines is 1. The lowest BCUT2D eigenvalue weighted by Gasteiger charge is -2.23. The maximum atomic E-state index is 9.30. The first-order valence-corrected chi connectivity index (χ1v) is 6.34. The van der Waals surface area contributed by atoms with E-state index >= 15 is 0 Å². The fraction of sp³-hybridized carbons (Fsp3) is 0.583. The summed E-state index contributed by atoms with van der Waals surface area (Å²) >= 11 is 3.36. The minimum absolute atomic E-state index is 0.0205. The highest BCUT2D eigenvalue weighted by molar-refractivity contribution is 9.10. The Labute approximate surface area is 106 Å². The van der Waals surface area contributed by atoms with Crippen LogP contribution in [0.25, 0.3) is 0 Å². The van der Waals surface area contributed by atoms with E-state index in [1.54, 1.807) is 6.20 Å². The zero-order valence-corrected chi connectivity index (χ0v) is 11.7. The Morgan fingerprint density at radius 1 is 1.56 bits per heavy atom. The number of aliphatic hydroxyl groups is 1. The van der Waals surface area contributed by atoms with Gasteiger partial charge in [0.25, 0.3) is 0 Å². The van der Waals surface area contributed by atoms with Gasteiger partial charge in [-0.15, -0.1) is 0 Å². The van der Waals surface area contributed by atoms with Crippen LogP contribution in [0.1, 0.15) is 25.8 Å². The van der Waals surface area contributed by atoms with Gasteiger partial charge in [0.05, 0.1) is 6.61 Å². The first kappa shape index (κ1) is 13.5. The molecule has 0 aliphatic heterocycles. The molecule has 3 nitrogen and oxygen atoms in total. The SMILES string of the molecule is CCC(C)CN(C)c1ncc(Br)cc1CO. The van der Waals surface area contributed by atoms with E-state index in [0.29, 0.717) is 5.92 Å². The summed E-state index contributed by atoms with van der Waals surface area (Å²) in [6, 6.07) is 1.91. The fourth-order valence-corrected chi connectivity index (χ4v) is 2.00. The Balaban J connectivity index is 2.85. The molecule has 1 aromatic rings. The van der Waals surface area contributed by atoms with E-state index in [0.717, 1.165) is 28.8 Å². The van der Waals surface area contributed by atoms with Gasteiger partial charge in [0.1, 0.15) is 5.82 Å². The second-order valence-electron chi connectivity index (χ2n) is 4.19. The molecular formula is C12H19BrN2O. The number of nitrogens with zero attached hydrogens (tertiary/aromatic N) is 2. The van der Waals surface area contributed by atoms with Gasteiger partial charge in [-0.25, -0.2) is 4.98 Å². The summed E-state index contributed by atoms with van der Waals surface area (Å²) in [5.74, 6) is 1.49. The van der Waals surface area contributed by atoms with Crippen LogP contribution in [0, 0.1) is 5.92 Å². The number of hydrogen-bond acceptors (Lipinski definition) is 3. The lowest BCUT2D eigenvalue weighted by Crippen LogP contribution is -2.25. The van der Waals surface area contributed by atoms with Crippen molar-refractivity contribution in [1.82, 2.24) is 4.98 Å². The van der Waals surface area contributed by atoms with Crippen molar-refractivity contribution in [3.05, 3.63) is 22.3 Å². The molecule has 1 rings (SSSR count). The van der Waals surface area contributed by atoms with Crippen molar-refractivity contribution in [2.24, 2.45) is 5.92 Å². The molecular weight excluding hydrogens is 268 g/mol. The molecule has 0 saturated heterocycles. The number of rotatable bonds is 5. The second kappa shape index (κ2) is 6.21. The van der Waals surface area contributed by atoms with Gasteiger partial charge in [-0.05, 0) is 27.9 Å². The summed E-state index contributed by atoms with van der Waals surface area (Å²) in [6.07, 6.45) is 2.91. The molecule has 0 spiro atoms. The molecule has 90 valence electrons. The fourth-order valence-electron chi connectivity index (χ4n) is 1.62. The van der Waals surface area contributed by atoms with Crippen molar-refractivity contribution >= 4 is 21.7 Å². The Bertz CT molecular complexity index is 344. The standard InChI is InChI=1S/C12H19BrN2O/c1-4-9(2)7-15(3)12-10(8-16)5-11(13)6-14-12/h5-6,9,16H,4,7-8H2,1-3H3. The number of pyridine rings is 1. The zero-order chi connectivity index (χ0) is 12.1. The Morgan fingerprint density at radius 2 is 2.25 bits per heavy atom. The Morgan fingerprint density at radius 3 is 2.81 bits per heavy atom. The largest absolute Gasteiger partial charge is 0.392 e. The second-order valence-corrected chi connectivity index (χ2v) is 5.10. The van der Waals surface area contributed by atoms with E-state index in [-0.39, 0.29) is 6.61 Å². The first-order chi connectivity index (χ1) is 7.58. The van der Waals surface area contributed by atoms with Crippen molar-refractivity contribution in [1.29, 1.82) is 0 Å². The highest BCUT2D eigenvalue weighted by Gasteiger charge is 2.11. The van der Waals surface area contributed by atoms with Crippen LogP contribution in [0.4, 0.5) is 5.82 Å². The monoisotopic (exact) mass is 286 g/mol. The van der Waals surface area contributed by atoms with Crippen LogP contribution in [0.2, 0.25) is 0 Å². The normalized spacial score (nSPS) is 12.6. The summed E-state index contributed by atoms with van der Waals surface area (Å²) in [7, 11) is 2.02.